The number of hydrogen-bond donors (Lipinski definition) is 0. The van der Waals surface area contributed by atoms with E-state index in [-0.39, 0.29) is 26.6 Å². The minimum absolute atomic E-state index is 0.0342. The number of aromatic nitrogens is 1. The van der Waals surface area contributed by atoms with Crippen LogP contribution in [0.15, 0.2) is 86.8 Å². The summed E-state index contributed by atoms with van der Waals surface area (Å²) in [5.74, 6) is 1.27. The maximum atomic E-state index is 12.7. The maximum absolute atomic E-state index is 12.7. The van der Waals surface area contributed by atoms with Crippen LogP contribution >= 0.6 is 36.7 Å². The van der Waals surface area contributed by atoms with Gasteiger partial charge >= 0.3 is 0 Å². The smallest absolute Gasteiger partial charge is 0.246 e. The minimum atomic E-state index is -0.0342. The lowest BCUT2D eigenvalue weighted by Gasteiger charge is -2.32. The quantitative estimate of drug-likeness (QED) is 0.189. The molecule has 2 aromatic heterocycles. The van der Waals surface area contributed by atoms with Crippen LogP contribution in [0.4, 0.5) is 0 Å². The lowest BCUT2D eigenvalue weighted by molar-refractivity contribution is -0.127. The summed E-state index contributed by atoms with van der Waals surface area (Å²) in [6.45, 7) is 3.81. The summed E-state index contributed by atoms with van der Waals surface area (Å²) in [5.41, 5.74) is 5.69. The molecule has 1 fully saturated rings. The van der Waals surface area contributed by atoms with E-state index in [4.69, 9.17) is 4.42 Å². The highest BCUT2D eigenvalue weighted by molar-refractivity contribution is 14.2. The van der Waals surface area contributed by atoms with Crippen molar-refractivity contribution in [1.82, 2.24) is 9.88 Å². The van der Waals surface area contributed by atoms with Gasteiger partial charge in [0.15, 0.2) is 0 Å². The van der Waals surface area contributed by atoms with E-state index in [1.54, 1.807) is 24.0 Å². The highest BCUT2D eigenvalue weighted by Gasteiger charge is 2.24. The van der Waals surface area contributed by atoms with E-state index in [1.807, 2.05) is 35.5 Å². The van der Waals surface area contributed by atoms with Gasteiger partial charge in [-0.1, -0.05) is 45.3 Å². The molecule has 35 heavy (non-hydrogen) atoms. The van der Waals surface area contributed by atoms with Gasteiger partial charge in [-0.25, -0.2) is 0 Å². The summed E-state index contributed by atoms with van der Waals surface area (Å²) in [4.78, 5) is 18.9. The van der Waals surface area contributed by atoms with Crippen molar-refractivity contribution in [3.63, 3.8) is 0 Å². The number of halogens is 2. The molecule has 0 bridgehead atoms. The van der Waals surface area contributed by atoms with Crippen molar-refractivity contribution in [2.75, 3.05) is 17.5 Å². The highest BCUT2D eigenvalue weighted by Crippen LogP contribution is 2.31. The Balaban J connectivity index is 1.44. The van der Waals surface area contributed by atoms with Crippen LogP contribution in [0.5, 0.6) is 0 Å². The van der Waals surface area contributed by atoms with Crippen LogP contribution in [0, 0.1) is 5.92 Å². The standard InChI is InChI=1S/C29H32BrIN2O2/c1-22-6-9-26(18-24(19-31-20-28(22)30)8-7-23-4-2-14-32-21-23)25-12-15-33(16-13-25)29(34)11-10-27-5-3-17-35-27/h2-5,9-11,14,17-18,20-21,25H,6-8,12-13,15-16,19H2,1H3/b11-10+,24-18-,26-9+,28-22-. The molecular formula is C29H32BrIN2O2. The van der Waals surface area contributed by atoms with Crippen LogP contribution in [-0.4, -0.2) is 37.3 Å². The van der Waals surface area contributed by atoms with E-state index < -0.39 is 0 Å². The Morgan fingerprint density at radius 2 is 2.11 bits per heavy atom. The molecule has 6 heteroatoms. The first-order valence-electron chi connectivity index (χ1n) is 12.1. The number of pyridine rings is 1. The predicted octanol–water partition coefficient (Wildman–Crippen LogP) is 7.26. The van der Waals surface area contributed by atoms with E-state index >= 15 is 0 Å². The van der Waals surface area contributed by atoms with Gasteiger partial charge in [0.05, 0.1) is 6.26 Å². The highest BCUT2D eigenvalue weighted by atomic mass is 127. The Labute approximate surface area is 226 Å². The number of carbonyl (C=O) groups excluding carboxylic acids is 1. The van der Waals surface area contributed by atoms with Crippen molar-refractivity contribution < 1.29 is 9.21 Å². The first-order valence-corrected chi connectivity index (χ1v) is 15.7. The lowest BCUT2D eigenvalue weighted by Crippen LogP contribution is -2.37. The fraction of sp³-hybridized carbons (Fsp3) is 0.345. The summed E-state index contributed by atoms with van der Waals surface area (Å²) in [6, 6.07) is 7.87. The molecule has 2 aliphatic rings. The van der Waals surface area contributed by atoms with Gasteiger partial charge < -0.3 is 9.32 Å². The van der Waals surface area contributed by atoms with E-state index in [9.17, 15) is 4.79 Å². The monoisotopic (exact) mass is 646 g/mol. The number of allylic oxidation sites excluding steroid dienone is 6. The van der Waals surface area contributed by atoms with E-state index in [0.717, 1.165) is 45.2 Å². The summed E-state index contributed by atoms with van der Waals surface area (Å²) in [5, 5.41) is 0. The second-order valence-corrected chi connectivity index (χ2v) is 12.2. The number of likely N-dealkylation sites (tertiary alicyclic amines) is 1. The number of alkyl halides is 1. The molecule has 4 nitrogen and oxygen atoms in total. The summed E-state index contributed by atoms with van der Waals surface area (Å²) >= 11 is 3.77. The zero-order chi connectivity index (χ0) is 24.5. The number of amides is 1. The molecule has 4 rings (SSSR count). The first kappa shape index (κ1) is 26.0. The number of carbonyl (C=O) groups is 1. The van der Waals surface area contributed by atoms with Gasteiger partial charge in [-0.2, -0.15) is 0 Å². The number of rotatable bonds is 6. The van der Waals surface area contributed by atoms with Crippen molar-refractivity contribution in [2.24, 2.45) is 5.92 Å². The van der Waals surface area contributed by atoms with Crippen LogP contribution in [-0.2, 0) is 11.2 Å². The van der Waals surface area contributed by atoms with Crippen LogP contribution < -0.4 is 0 Å². The molecule has 1 saturated heterocycles. The third-order valence-electron chi connectivity index (χ3n) is 6.51. The van der Waals surface area contributed by atoms with Crippen molar-refractivity contribution in [3.05, 3.63) is 93.7 Å². The van der Waals surface area contributed by atoms with E-state index in [1.165, 1.54) is 25.6 Å². The van der Waals surface area contributed by atoms with Gasteiger partial charge in [0.2, 0.25) is 5.91 Å². The Morgan fingerprint density at radius 1 is 1.26 bits per heavy atom. The zero-order valence-corrected chi connectivity index (χ0v) is 23.9. The van der Waals surface area contributed by atoms with Crippen molar-refractivity contribution >= 4 is 52.7 Å². The van der Waals surface area contributed by atoms with Crippen molar-refractivity contribution in [2.45, 2.75) is 39.0 Å². The molecular weight excluding hydrogens is 615 g/mol. The second kappa shape index (κ2) is 13.3. The normalized spacial score (nSPS) is 23.3. The van der Waals surface area contributed by atoms with Gasteiger partial charge in [0, 0.05) is 40.5 Å². The van der Waals surface area contributed by atoms with Gasteiger partial charge in [-0.15, -0.1) is 20.7 Å². The maximum Gasteiger partial charge on any atom is 0.246 e. The fourth-order valence-corrected chi connectivity index (χ4v) is 7.64. The van der Waals surface area contributed by atoms with Gasteiger partial charge in [0.1, 0.15) is 5.76 Å². The third kappa shape index (κ3) is 7.97. The van der Waals surface area contributed by atoms with Gasteiger partial charge in [0.25, 0.3) is 0 Å². The molecule has 0 atom stereocenters. The Kier molecular flexibility index (Phi) is 9.89. The van der Waals surface area contributed by atoms with Crippen LogP contribution in [0.1, 0.15) is 43.9 Å². The molecule has 0 aliphatic carbocycles. The van der Waals surface area contributed by atoms with E-state index in [2.05, 4.69) is 50.1 Å². The molecule has 4 heterocycles. The molecule has 1 amide bonds. The van der Waals surface area contributed by atoms with Crippen LogP contribution in [0.3, 0.4) is 0 Å². The lowest BCUT2D eigenvalue weighted by atomic mass is 9.86. The van der Waals surface area contributed by atoms with Crippen LogP contribution in [0.25, 0.3) is 6.08 Å². The van der Waals surface area contributed by atoms with E-state index in [0.29, 0.717) is 11.7 Å². The molecule has 0 spiro atoms. The molecule has 0 unspecified atom stereocenters. The van der Waals surface area contributed by atoms with Crippen molar-refractivity contribution in [1.29, 1.82) is 0 Å². The Hall–Kier alpha value is -2.06. The minimum Gasteiger partial charge on any atom is -0.465 e. The predicted molar refractivity (Wildman–Crippen MR) is 157 cm³/mol. The third-order valence-corrected chi connectivity index (χ3v) is 10.8. The van der Waals surface area contributed by atoms with Crippen molar-refractivity contribution in [3.8, 4) is 0 Å². The molecule has 0 aromatic carbocycles. The Morgan fingerprint density at radius 3 is 2.86 bits per heavy atom. The topological polar surface area (TPSA) is 46.3 Å². The summed E-state index contributed by atoms with van der Waals surface area (Å²) in [6.07, 6.45) is 18.8. The largest absolute Gasteiger partial charge is 0.465 e. The molecule has 0 saturated carbocycles. The molecule has 184 valence electrons. The van der Waals surface area contributed by atoms with Crippen LogP contribution in [0.2, 0.25) is 0 Å². The SMILES string of the molecule is C/C1=C(/Br)C=IC/C(CCc2cccnc2)=C\C(C2CCN(C(=O)/C=C/c3ccco3)CC2)=C/C1. The second-order valence-electron chi connectivity index (χ2n) is 9.05. The first-order chi connectivity index (χ1) is 17.1. The summed E-state index contributed by atoms with van der Waals surface area (Å²) in [7, 11) is 0. The number of hydrogen-bond acceptors (Lipinski definition) is 3. The average molecular weight is 647 g/mol. The summed E-state index contributed by atoms with van der Waals surface area (Å²) < 4.78 is 10.2. The number of nitrogens with zero attached hydrogens (tertiary/aromatic N) is 2. The molecule has 2 aromatic rings. The zero-order valence-electron chi connectivity index (χ0n) is 20.1. The van der Waals surface area contributed by atoms with Gasteiger partial charge in [-0.05, 0) is 84.4 Å². The van der Waals surface area contributed by atoms with Gasteiger partial charge in [-0.3, -0.25) is 9.78 Å². The Bertz CT molecular complexity index is 1140. The average Bonchev–Trinajstić information content (AvgIpc) is 3.42. The fourth-order valence-electron chi connectivity index (χ4n) is 4.35. The molecule has 0 N–H and O–H groups in total. The number of piperidine rings is 1. The number of furan rings is 1. The molecule has 0 radical (unpaired) electrons. The molecule has 2 aliphatic heterocycles. The number of aryl methyl sites for hydroxylation is 1.